The van der Waals surface area contributed by atoms with Gasteiger partial charge in [-0.3, -0.25) is 4.79 Å². The van der Waals surface area contributed by atoms with E-state index in [0.717, 1.165) is 23.4 Å². The predicted octanol–water partition coefficient (Wildman–Crippen LogP) is 2.03. The second-order valence-electron chi connectivity index (χ2n) is 5.52. The lowest BCUT2D eigenvalue weighted by Gasteiger charge is -2.24. The molecule has 3 N–H and O–H groups in total. The van der Waals surface area contributed by atoms with Crippen LogP contribution in [0.2, 0.25) is 0 Å². The van der Waals surface area contributed by atoms with Gasteiger partial charge in [-0.15, -0.1) is 0 Å². The summed E-state index contributed by atoms with van der Waals surface area (Å²) in [4.78, 5) is 12.0. The molecule has 1 aromatic heterocycles. The molecule has 0 saturated heterocycles. The molecule has 2 atom stereocenters. The smallest absolute Gasteiger partial charge is 0.239 e. The Bertz CT molecular complexity index is 418. The van der Waals surface area contributed by atoms with Crippen molar-refractivity contribution in [3.63, 3.8) is 0 Å². The zero-order valence-corrected chi connectivity index (χ0v) is 12.5. The maximum absolute atomic E-state index is 12.0. The molecule has 0 spiro atoms. The first kappa shape index (κ1) is 15.7. The normalized spacial score (nSPS) is 15.9. The summed E-state index contributed by atoms with van der Waals surface area (Å²) < 4.78 is 5.14. The van der Waals surface area contributed by atoms with Gasteiger partial charge < -0.3 is 15.6 Å². The Hall–Kier alpha value is -1.36. The first-order chi connectivity index (χ1) is 8.79. The van der Waals surface area contributed by atoms with Crippen molar-refractivity contribution in [2.75, 3.05) is 6.54 Å². The molecule has 0 aliphatic heterocycles. The van der Waals surface area contributed by atoms with Crippen LogP contribution in [-0.2, 0) is 4.79 Å². The number of nitrogens with zero attached hydrogens (tertiary/aromatic N) is 1. The fourth-order valence-corrected chi connectivity index (χ4v) is 2.38. The lowest BCUT2D eigenvalue weighted by molar-refractivity contribution is -0.126. The average molecular weight is 267 g/mol. The number of nitrogens with one attached hydrogen (secondary N) is 1. The number of carbonyl (C=O) groups excluding carboxylic acids is 1. The zero-order chi connectivity index (χ0) is 14.6. The minimum Gasteiger partial charge on any atom is -0.361 e. The van der Waals surface area contributed by atoms with Gasteiger partial charge in [-0.05, 0) is 27.2 Å². The SMILES string of the molecule is CCCC(C)(N)C(=O)NCC(C)c1c(C)noc1C. The second kappa shape index (κ2) is 6.19. The summed E-state index contributed by atoms with van der Waals surface area (Å²) in [6, 6.07) is 0. The highest BCUT2D eigenvalue weighted by atomic mass is 16.5. The summed E-state index contributed by atoms with van der Waals surface area (Å²) in [5.74, 6) is 0.865. The number of aromatic nitrogens is 1. The molecule has 2 unspecified atom stereocenters. The van der Waals surface area contributed by atoms with Gasteiger partial charge in [0.2, 0.25) is 5.91 Å². The van der Waals surface area contributed by atoms with Crippen molar-refractivity contribution in [1.29, 1.82) is 0 Å². The fraction of sp³-hybridized carbons (Fsp3) is 0.714. The molecule has 0 fully saturated rings. The van der Waals surface area contributed by atoms with Crippen molar-refractivity contribution in [2.24, 2.45) is 5.73 Å². The highest BCUT2D eigenvalue weighted by Gasteiger charge is 2.27. The van der Waals surface area contributed by atoms with Crippen molar-refractivity contribution >= 4 is 5.91 Å². The standard InChI is InChI=1S/C14H25N3O2/c1-6-7-14(5,15)13(18)16-8-9(2)12-10(3)17-19-11(12)4/h9H,6-8,15H2,1-5H3,(H,16,18). The number of amides is 1. The van der Waals surface area contributed by atoms with E-state index in [-0.39, 0.29) is 11.8 Å². The summed E-state index contributed by atoms with van der Waals surface area (Å²) in [6.07, 6.45) is 1.57. The Morgan fingerprint density at radius 1 is 1.53 bits per heavy atom. The van der Waals surface area contributed by atoms with Gasteiger partial charge in [-0.2, -0.15) is 0 Å². The van der Waals surface area contributed by atoms with Crippen LogP contribution < -0.4 is 11.1 Å². The van der Waals surface area contributed by atoms with Gasteiger partial charge in [0.15, 0.2) is 0 Å². The molecule has 0 aliphatic rings. The van der Waals surface area contributed by atoms with Crippen molar-refractivity contribution < 1.29 is 9.32 Å². The monoisotopic (exact) mass is 267 g/mol. The van der Waals surface area contributed by atoms with E-state index >= 15 is 0 Å². The summed E-state index contributed by atoms with van der Waals surface area (Å²) >= 11 is 0. The van der Waals surface area contributed by atoms with E-state index in [1.807, 2.05) is 27.7 Å². The van der Waals surface area contributed by atoms with Crippen molar-refractivity contribution in [1.82, 2.24) is 10.5 Å². The van der Waals surface area contributed by atoms with Gasteiger partial charge in [0.1, 0.15) is 5.76 Å². The molecule has 0 aliphatic carbocycles. The van der Waals surface area contributed by atoms with E-state index in [1.54, 1.807) is 6.92 Å². The van der Waals surface area contributed by atoms with E-state index in [0.29, 0.717) is 13.0 Å². The quantitative estimate of drug-likeness (QED) is 0.826. The van der Waals surface area contributed by atoms with Crippen LogP contribution >= 0.6 is 0 Å². The maximum Gasteiger partial charge on any atom is 0.239 e. The summed E-state index contributed by atoms with van der Waals surface area (Å²) in [6.45, 7) is 10.2. The Kier molecular flexibility index (Phi) is 5.11. The molecule has 5 heteroatoms. The van der Waals surface area contributed by atoms with E-state index in [1.165, 1.54) is 0 Å². The van der Waals surface area contributed by atoms with Crippen LogP contribution in [0.1, 0.15) is 56.5 Å². The third kappa shape index (κ3) is 3.80. The summed E-state index contributed by atoms with van der Waals surface area (Å²) in [5.41, 5.74) is 7.14. The van der Waals surface area contributed by atoms with Gasteiger partial charge in [0.05, 0.1) is 11.2 Å². The number of rotatable bonds is 6. The minimum absolute atomic E-state index is 0.104. The van der Waals surface area contributed by atoms with E-state index < -0.39 is 5.54 Å². The summed E-state index contributed by atoms with van der Waals surface area (Å²) in [7, 11) is 0. The van der Waals surface area contributed by atoms with Crippen LogP contribution in [0.5, 0.6) is 0 Å². The molecule has 1 amide bonds. The van der Waals surface area contributed by atoms with Crippen molar-refractivity contribution in [2.45, 2.75) is 58.9 Å². The molecule has 0 saturated carbocycles. The van der Waals surface area contributed by atoms with Crippen LogP contribution in [0.15, 0.2) is 4.52 Å². The molecular formula is C14H25N3O2. The largest absolute Gasteiger partial charge is 0.361 e. The lowest BCUT2D eigenvalue weighted by atomic mass is 9.95. The van der Waals surface area contributed by atoms with Crippen LogP contribution in [0.25, 0.3) is 0 Å². The fourth-order valence-electron chi connectivity index (χ4n) is 2.38. The first-order valence-electron chi connectivity index (χ1n) is 6.79. The topological polar surface area (TPSA) is 81.2 Å². The van der Waals surface area contributed by atoms with Crippen LogP contribution in [0.4, 0.5) is 0 Å². The minimum atomic E-state index is -0.798. The molecule has 0 bridgehead atoms. The van der Waals surface area contributed by atoms with Gasteiger partial charge >= 0.3 is 0 Å². The van der Waals surface area contributed by atoms with Gasteiger partial charge in [0, 0.05) is 18.0 Å². The lowest BCUT2D eigenvalue weighted by Crippen LogP contribution is -2.52. The third-order valence-electron chi connectivity index (χ3n) is 3.44. The van der Waals surface area contributed by atoms with E-state index in [4.69, 9.17) is 10.3 Å². The number of aryl methyl sites for hydroxylation is 2. The Morgan fingerprint density at radius 2 is 2.16 bits per heavy atom. The van der Waals surface area contributed by atoms with Crippen molar-refractivity contribution in [3.8, 4) is 0 Å². The highest BCUT2D eigenvalue weighted by Crippen LogP contribution is 2.22. The highest BCUT2D eigenvalue weighted by molar-refractivity contribution is 5.85. The average Bonchev–Trinajstić information content (AvgIpc) is 2.65. The third-order valence-corrected chi connectivity index (χ3v) is 3.44. The molecule has 108 valence electrons. The molecule has 0 radical (unpaired) electrons. The number of carbonyl (C=O) groups is 1. The molecule has 0 aromatic carbocycles. The van der Waals surface area contributed by atoms with E-state index in [9.17, 15) is 4.79 Å². The first-order valence-corrected chi connectivity index (χ1v) is 6.79. The molecular weight excluding hydrogens is 242 g/mol. The van der Waals surface area contributed by atoms with Gasteiger partial charge in [0.25, 0.3) is 0 Å². The number of nitrogens with two attached hydrogens (primary N) is 1. The Balaban J connectivity index is 2.60. The number of hydrogen-bond acceptors (Lipinski definition) is 4. The molecule has 1 heterocycles. The Morgan fingerprint density at radius 3 is 2.63 bits per heavy atom. The molecule has 1 rings (SSSR count). The van der Waals surface area contributed by atoms with Crippen LogP contribution in [0, 0.1) is 13.8 Å². The van der Waals surface area contributed by atoms with Crippen LogP contribution in [0.3, 0.4) is 0 Å². The van der Waals surface area contributed by atoms with Gasteiger partial charge in [-0.1, -0.05) is 25.4 Å². The predicted molar refractivity (Wildman–Crippen MR) is 74.9 cm³/mol. The van der Waals surface area contributed by atoms with Gasteiger partial charge in [-0.25, -0.2) is 0 Å². The number of hydrogen-bond donors (Lipinski definition) is 2. The van der Waals surface area contributed by atoms with Crippen molar-refractivity contribution in [3.05, 3.63) is 17.0 Å². The van der Waals surface area contributed by atoms with E-state index in [2.05, 4.69) is 10.5 Å². The van der Waals surface area contributed by atoms with Crippen LogP contribution in [-0.4, -0.2) is 23.1 Å². The molecule has 1 aromatic rings. The Labute approximate surface area is 114 Å². The maximum atomic E-state index is 12.0. The molecule has 5 nitrogen and oxygen atoms in total. The molecule has 19 heavy (non-hydrogen) atoms. The second-order valence-corrected chi connectivity index (χ2v) is 5.52. The zero-order valence-electron chi connectivity index (χ0n) is 12.5. The summed E-state index contributed by atoms with van der Waals surface area (Å²) in [5, 5.41) is 6.85.